The zero-order valence-corrected chi connectivity index (χ0v) is 6.93. The average molecular weight is 145 g/mol. The van der Waals surface area contributed by atoms with Crippen LogP contribution in [0.3, 0.4) is 0 Å². The molecule has 1 rings (SSSR count). The van der Waals surface area contributed by atoms with Gasteiger partial charge in [0.05, 0.1) is 0 Å². The first kappa shape index (κ1) is 8.06. The van der Waals surface area contributed by atoms with Gasteiger partial charge < -0.3 is 0 Å². The van der Waals surface area contributed by atoms with Crippen LogP contribution >= 0.6 is 0 Å². The summed E-state index contributed by atoms with van der Waals surface area (Å²) in [5.41, 5.74) is 2.50. The molecule has 0 unspecified atom stereocenters. The van der Waals surface area contributed by atoms with E-state index in [1.165, 1.54) is 12.0 Å². The van der Waals surface area contributed by atoms with E-state index in [4.69, 9.17) is 0 Å². The summed E-state index contributed by atoms with van der Waals surface area (Å²) in [6.07, 6.45) is 4.17. The van der Waals surface area contributed by atoms with Crippen LogP contribution in [-0.4, -0.2) is 0 Å². The normalized spacial score (nSPS) is 9.55. The molecule has 0 aliphatic heterocycles. The molecule has 0 spiro atoms. The van der Waals surface area contributed by atoms with E-state index < -0.39 is 0 Å². The number of hydrogen-bond acceptors (Lipinski definition) is 0. The fraction of sp³-hybridized carbons (Fsp3) is 0.273. The van der Waals surface area contributed by atoms with Crippen LogP contribution in [0, 0.1) is 6.07 Å². The Morgan fingerprint density at radius 3 is 3.09 bits per heavy atom. The van der Waals surface area contributed by atoms with Crippen LogP contribution in [0.2, 0.25) is 0 Å². The number of rotatable bonds is 3. The molecule has 0 aromatic heterocycles. The Balaban J connectivity index is 2.92. The third-order valence-corrected chi connectivity index (χ3v) is 1.70. The van der Waals surface area contributed by atoms with Crippen molar-refractivity contribution in [2.45, 2.75) is 19.8 Å². The number of benzene rings is 1. The van der Waals surface area contributed by atoms with E-state index in [0.717, 1.165) is 12.0 Å². The van der Waals surface area contributed by atoms with Crippen molar-refractivity contribution in [2.24, 2.45) is 0 Å². The summed E-state index contributed by atoms with van der Waals surface area (Å²) in [7, 11) is 0. The zero-order chi connectivity index (χ0) is 8.10. The second kappa shape index (κ2) is 3.97. The molecule has 0 fully saturated rings. The van der Waals surface area contributed by atoms with Gasteiger partial charge >= 0.3 is 0 Å². The Hall–Kier alpha value is -1.04. The first-order chi connectivity index (χ1) is 5.38. The molecule has 57 valence electrons. The van der Waals surface area contributed by atoms with Gasteiger partial charge in [-0.05, 0) is 23.6 Å². The Labute approximate surface area is 68.6 Å². The first-order valence-electron chi connectivity index (χ1n) is 4.00. The highest BCUT2D eigenvalue weighted by atomic mass is 14.0. The van der Waals surface area contributed by atoms with Gasteiger partial charge in [0.25, 0.3) is 0 Å². The Morgan fingerprint density at radius 2 is 2.45 bits per heavy atom. The second-order valence-corrected chi connectivity index (χ2v) is 2.56. The largest absolute Gasteiger partial charge is 0.0984 e. The van der Waals surface area contributed by atoms with Gasteiger partial charge in [0, 0.05) is 0 Å². The van der Waals surface area contributed by atoms with E-state index in [0.29, 0.717) is 0 Å². The van der Waals surface area contributed by atoms with Crippen molar-refractivity contribution in [1.82, 2.24) is 0 Å². The lowest BCUT2D eigenvalue weighted by atomic mass is 10.0. The summed E-state index contributed by atoms with van der Waals surface area (Å²) in [6, 6.07) is 9.24. The lowest BCUT2D eigenvalue weighted by Gasteiger charge is -2.01. The Bertz CT molecular complexity index is 236. The van der Waals surface area contributed by atoms with Gasteiger partial charge in [-0.2, -0.15) is 0 Å². The highest BCUT2D eigenvalue weighted by Crippen LogP contribution is 2.10. The summed E-state index contributed by atoms with van der Waals surface area (Å²) in [5, 5.41) is 0. The molecule has 0 bridgehead atoms. The van der Waals surface area contributed by atoms with Crippen LogP contribution in [0.1, 0.15) is 24.5 Å². The van der Waals surface area contributed by atoms with Gasteiger partial charge in [-0.15, -0.1) is 0 Å². The Morgan fingerprint density at radius 1 is 1.64 bits per heavy atom. The third-order valence-electron chi connectivity index (χ3n) is 1.70. The lowest BCUT2D eigenvalue weighted by molar-refractivity contribution is 0.919. The van der Waals surface area contributed by atoms with Crippen LogP contribution in [-0.2, 0) is 6.42 Å². The summed E-state index contributed by atoms with van der Waals surface area (Å²) in [5.74, 6) is 0. The molecule has 1 aromatic rings. The van der Waals surface area contributed by atoms with Crippen molar-refractivity contribution >= 4 is 6.08 Å². The van der Waals surface area contributed by atoms with Gasteiger partial charge in [0.2, 0.25) is 0 Å². The van der Waals surface area contributed by atoms with Gasteiger partial charge in [0.1, 0.15) is 0 Å². The minimum Gasteiger partial charge on any atom is -0.0984 e. The van der Waals surface area contributed by atoms with E-state index in [-0.39, 0.29) is 0 Å². The van der Waals surface area contributed by atoms with E-state index in [9.17, 15) is 0 Å². The molecule has 0 atom stereocenters. The minimum atomic E-state index is 1.12. The van der Waals surface area contributed by atoms with Crippen LogP contribution in [0.4, 0.5) is 0 Å². The molecule has 0 heterocycles. The standard InChI is InChI=1S/C11H13/c1-3-7-11-9-6-5-8-10(11)4-2/h4-6,9H,2-3,7H2,1H3. The second-order valence-electron chi connectivity index (χ2n) is 2.56. The summed E-state index contributed by atoms with van der Waals surface area (Å²) in [4.78, 5) is 0. The lowest BCUT2D eigenvalue weighted by Crippen LogP contribution is -1.86. The van der Waals surface area contributed by atoms with Gasteiger partial charge in [-0.25, -0.2) is 0 Å². The van der Waals surface area contributed by atoms with Crippen LogP contribution < -0.4 is 0 Å². The molecular formula is C11H13. The van der Waals surface area contributed by atoms with E-state index in [1.807, 2.05) is 18.2 Å². The molecule has 0 saturated heterocycles. The SMILES string of the molecule is C=Cc1[c]cccc1CCC. The smallest absolute Gasteiger partial charge is 0.0103 e. The van der Waals surface area contributed by atoms with E-state index in [1.54, 1.807) is 0 Å². The van der Waals surface area contributed by atoms with Crippen LogP contribution in [0.25, 0.3) is 6.08 Å². The third kappa shape index (κ3) is 1.94. The van der Waals surface area contributed by atoms with E-state index >= 15 is 0 Å². The van der Waals surface area contributed by atoms with Gasteiger partial charge in [-0.3, -0.25) is 0 Å². The van der Waals surface area contributed by atoms with Crippen molar-refractivity contribution in [3.05, 3.63) is 42.0 Å². The summed E-state index contributed by atoms with van der Waals surface area (Å²) in [6.45, 7) is 5.92. The van der Waals surface area contributed by atoms with Crippen molar-refractivity contribution in [1.29, 1.82) is 0 Å². The molecule has 0 N–H and O–H groups in total. The fourth-order valence-electron chi connectivity index (χ4n) is 1.16. The highest BCUT2D eigenvalue weighted by Gasteiger charge is 1.94. The van der Waals surface area contributed by atoms with Crippen molar-refractivity contribution in [3.63, 3.8) is 0 Å². The molecule has 0 heteroatoms. The molecule has 0 amide bonds. The summed E-state index contributed by atoms with van der Waals surface area (Å²) >= 11 is 0. The molecular weight excluding hydrogens is 132 g/mol. The molecule has 11 heavy (non-hydrogen) atoms. The average Bonchev–Trinajstić information content (AvgIpc) is 2.06. The molecule has 0 saturated carbocycles. The Kier molecular flexibility index (Phi) is 2.91. The van der Waals surface area contributed by atoms with Crippen molar-refractivity contribution < 1.29 is 0 Å². The topological polar surface area (TPSA) is 0 Å². The number of hydrogen-bond donors (Lipinski definition) is 0. The van der Waals surface area contributed by atoms with E-state index in [2.05, 4.69) is 25.6 Å². The quantitative estimate of drug-likeness (QED) is 0.613. The maximum atomic E-state index is 3.74. The highest BCUT2D eigenvalue weighted by molar-refractivity contribution is 5.50. The van der Waals surface area contributed by atoms with Gasteiger partial charge in [0.15, 0.2) is 0 Å². The predicted molar refractivity (Wildman–Crippen MR) is 49.4 cm³/mol. The van der Waals surface area contributed by atoms with Crippen molar-refractivity contribution in [3.8, 4) is 0 Å². The fourth-order valence-corrected chi connectivity index (χ4v) is 1.16. The number of aryl methyl sites for hydroxylation is 1. The molecule has 0 nitrogen and oxygen atoms in total. The minimum absolute atomic E-state index is 1.12. The van der Waals surface area contributed by atoms with Crippen LogP contribution in [0.5, 0.6) is 0 Å². The summed E-state index contributed by atoms with van der Waals surface area (Å²) < 4.78 is 0. The maximum Gasteiger partial charge on any atom is -0.0103 e. The van der Waals surface area contributed by atoms with Crippen molar-refractivity contribution in [2.75, 3.05) is 0 Å². The molecule has 1 aromatic carbocycles. The maximum absolute atomic E-state index is 3.74. The van der Waals surface area contributed by atoms with Crippen LogP contribution in [0.15, 0.2) is 24.8 Å². The first-order valence-corrected chi connectivity index (χ1v) is 4.00. The molecule has 0 aliphatic rings. The molecule has 0 aliphatic carbocycles. The molecule has 1 radical (unpaired) electrons. The van der Waals surface area contributed by atoms with Gasteiger partial charge in [-0.1, -0.05) is 44.2 Å². The zero-order valence-electron chi connectivity index (χ0n) is 6.93. The monoisotopic (exact) mass is 145 g/mol. The predicted octanol–water partition coefficient (Wildman–Crippen LogP) is 3.08.